The van der Waals surface area contributed by atoms with E-state index in [0.717, 1.165) is 11.4 Å². The molecule has 0 unspecified atom stereocenters. The Morgan fingerprint density at radius 3 is 2.40 bits per heavy atom. The van der Waals surface area contributed by atoms with Crippen molar-refractivity contribution in [1.82, 2.24) is 0 Å². The zero-order chi connectivity index (χ0) is 10.7. The van der Waals surface area contributed by atoms with Crippen LogP contribution in [0.4, 0.5) is 17.1 Å². The summed E-state index contributed by atoms with van der Waals surface area (Å²) in [6.07, 6.45) is 0. The highest BCUT2D eigenvalue weighted by Gasteiger charge is 1.99. The normalized spacial score (nSPS) is 9.87. The van der Waals surface area contributed by atoms with Crippen LogP contribution in [0.5, 0.6) is 5.75 Å². The molecule has 3 heteroatoms. The molecule has 2 rings (SSSR count). The molecule has 0 aliphatic rings. The van der Waals surface area contributed by atoms with Crippen LogP contribution in [0.3, 0.4) is 0 Å². The Balaban J connectivity index is 2.25. The number of aromatic hydroxyl groups is 1. The number of anilines is 3. The molecule has 15 heavy (non-hydrogen) atoms. The van der Waals surface area contributed by atoms with Gasteiger partial charge in [0.1, 0.15) is 5.75 Å². The van der Waals surface area contributed by atoms with Crippen molar-refractivity contribution in [3.63, 3.8) is 0 Å². The first kappa shape index (κ1) is 9.40. The summed E-state index contributed by atoms with van der Waals surface area (Å²) in [5.74, 6) is 0.172. The Labute approximate surface area is 88.2 Å². The van der Waals surface area contributed by atoms with Crippen LogP contribution in [0.1, 0.15) is 0 Å². The molecule has 0 heterocycles. The molecule has 4 N–H and O–H groups in total. The van der Waals surface area contributed by atoms with E-state index in [1.54, 1.807) is 12.1 Å². The van der Waals surface area contributed by atoms with Crippen molar-refractivity contribution in [2.45, 2.75) is 0 Å². The maximum Gasteiger partial charge on any atom is 0.117 e. The van der Waals surface area contributed by atoms with E-state index in [4.69, 9.17) is 5.73 Å². The minimum Gasteiger partial charge on any atom is -0.508 e. The molecule has 0 aliphatic heterocycles. The number of nitrogens with two attached hydrogens (primary N) is 1. The van der Waals surface area contributed by atoms with Crippen molar-refractivity contribution >= 4 is 17.1 Å². The van der Waals surface area contributed by atoms with E-state index >= 15 is 0 Å². The Morgan fingerprint density at radius 2 is 1.73 bits per heavy atom. The molecule has 2 aromatic rings. The lowest BCUT2D eigenvalue weighted by molar-refractivity contribution is 0.476. The van der Waals surface area contributed by atoms with Gasteiger partial charge in [0.05, 0.1) is 11.4 Å². The van der Waals surface area contributed by atoms with Gasteiger partial charge in [0.15, 0.2) is 0 Å². The number of nitrogens with one attached hydrogen (secondary N) is 1. The van der Waals surface area contributed by atoms with Crippen LogP contribution in [0.2, 0.25) is 0 Å². The van der Waals surface area contributed by atoms with Crippen molar-refractivity contribution in [2.75, 3.05) is 11.1 Å². The highest BCUT2D eigenvalue weighted by atomic mass is 16.3. The molecular weight excluding hydrogens is 188 g/mol. The maximum absolute atomic E-state index is 9.20. The highest BCUT2D eigenvalue weighted by molar-refractivity contribution is 5.73. The predicted octanol–water partition coefficient (Wildman–Crippen LogP) is 2.72. The van der Waals surface area contributed by atoms with Gasteiger partial charge < -0.3 is 16.2 Å². The number of hydrogen-bond donors (Lipinski definition) is 3. The molecule has 0 amide bonds. The van der Waals surface area contributed by atoms with Crippen LogP contribution in [-0.4, -0.2) is 5.11 Å². The fourth-order valence-corrected chi connectivity index (χ4v) is 1.34. The number of nitrogen functional groups attached to an aromatic ring is 1. The SMILES string of the molecule is Nc1cc(O)ccc1Nc1ccccc1. The summed E-state index contributed by atoms with van der Waals surface area (Å²) in [7, 11) is 0. The Bertz CT molecular complexity index is 454. The van der Waals surface area contributed by atoms with Crippen molar-refractivity contribution in [2.24, 2.45) is 0 Å². The lowest BCUT2D eigenvalue weighted by Gasteiger charge is -2.09. The summed E-state index contributed by atoms with van der Waals surface area (Å²) >= 11 is 0. The molecule has 0 aliphatic carbocycles. The molecule has 0 spiro atoms. The zero-order valence-electron chi connectivity index (χ0n) is 8.14. The van der Waals surface area contributed by atoms with Gasteiger partial charge in [0.2, 0.25) is 0 Å². The second-order valence-electron chi connectivity index (χ2n) is 3.26. The maximum atomic E-state index is 9.20. The van der Waals surface area contributed by atoms with E-state index in [9.17, 15) is 5.11 Å². The quantitative estimate of drug-likeness (QED) is 0.516. The smallest absolute Gasteiger partial charge is 0.117 e. The van der Waals surface area contributed by atoms with Crippen molar-refractivity contribution < 1.29 is 5.11 Å². The number of para-hydroxylation sites is 1. The van der Waals surface area contributed by atoms with E-state index in [2.05, 4.69) is 5.32 Å². The number of phenols is 1. The van der Waals surface area contributed by atoms with Gasteiger partial charge in [-0.05, 0) is 24.3 Å². The topological polar surface area (TPSA) is 58.3 Å². The average Bonchev–Trinajstić information content (AvgIpc) is 2.24. The molecule has 0 saturated carbocycles. The van der Waals surface area contributed by atoms with Crippen LogP contribution in [0, 0.1) is 0 Å². The second-order valence-corrected chi connectivity index (χ2v) is 3.26. The van der Waals surface area contributed by atoms with E-state index in [1.165, 1.54) is 6.07 Å². The summed E-state index contributed by atoms with van der Waals surface area (Å²) < 4.78 is 0. The van der Waals surface area contributed by atoms with Crippen molar-refractivity contribution in [3.05, 3.63) is 48.5 Å². The third-order valence-corrected chi connectivity index (χ3v) is 2.09. The predicted molar refractivity (Wildman–Crippen MR) is 62.2 cm³/mol. The summed E-state index contributed by atoms with van der Waals surface area (Å²) in [6.45, 7) is 0. The lowest BCUT2D eigenvalue weighted by atomic mass is 10.2. The zero-order valence-corrected chi connectivity index (χ0v) is 8.14. The molecule has 2 aromatic carbocycles. The summed E-state index contributed by atoms with van der Waals surface area (Å²) in [4.78, 5) is 0. The Kier molecular flexibility index (Phi) is 2.46. The van der Waals surface area contributed by atoms with Gasteiger partial charge in [-0.15, -0.1) is 0 Å². The van der Waals surface area contributed by atoms with E-state index < -0.39 is 0 Å². The van der Waals surface area contributed by atoms with Crippen LogP contribution in [-0.2, 0) is 0 Å². The van der Waals surface area contributed by atoms with Gasteiger partial charge in [-0.1, -0.05) is 18.2 Å². The van der Waals surface area contributed by atoms with E-state index in [0.29, 0.717) is 5.69 Å². The fraction of sp³-hybridized carbons (Fsp3) is 0. The highest BCUT2D eigenvalue weighted by Crippen LogP contribution is 2.26. The summed E-state index contributed by atoms with van der Waals surface area (Å²) in [6, 6.07) is 14.6. The van der Waals surface area contributed by atoms with Gasteiger partial charge in [0, 0.05) is 11.8 Å². The van der Waals surface area contributed by atoms with Gasteiger partial charge in [0.25, 0.3) is 0 Å². The molecule has 0 saturated heterocycles. The number of hydrogen-bond acceptors (Lipinski definition) is 3. The van der Waals surface area contributed by atoms with Gasteiger partial charge in [-0.3, -0.25) is 0 Å². The monoisotopic (exact) mass is 200 g/mol. The second kappa shape index (κ2) is 3.92. The fourth-order valence-electron chi connectivity index (χ4n) is 1.34. The van der Waals surface area contributed by atoms with Crippen molar-refractivity contribution in [3.8, 4) is 5.75 Å². The average molecular weight is 200 g/mol. The lowest BCUT2D eigenvalue weighted by Crippen LogP contribution is -1.95. The largest absolute Gasteiger partial charge is 0.508 e. The molecule has 3 nitrogen and oxygen atoms in total. The Morgan fingerprint density at radius 1 is 1.00 bits per heavy atom. The van der Waals surface area contributed by atoms with E-state index in [-0.39, 0.29) is 5.75 Å². The van der Waals surface area contributed by atoms with Gasteiger partial charge >= 0.3 is 0 Å². The number of phenolic OH excluding ortho intramolecular Hbond substituents is 1. The first-order valence-electron chi connectivity index (χ1n) is 4.66. The van der Waals surface area contributed by atoms with Crippen molar-refractivity contribution in [1.29, 1.82) is 0 Å². The van der Waals surface area contributed by atoms with E-state index in [1.807, 2.05) is 30.3 Å². The molecule has 76 valence electrons. The van der Waals surface area contributed by atoms with Crippen LogP contribution in [0.25, 0.3) is 0 Å². The molecule has 0 aromatic heterocycles. The molecule has 0 bridgehead atoms. The number of rotatable bonds is 2. The minimum absolute atomic E-state index is 0.172. The molecule has 0 radical (unpaired) electrons. The first-order valence-corrected chi connectivity index (χ1v) is 4.66. The number of benzene rings is 2. The van der Waals surface area contributed by atoms with Gasteiger partial charge in [-0.2, -0.15) is 0 Å². The van der Waals surface area contributed by atoms with Crippen LogP contribution < -0.4 is 11.1 Å². The van der Waals surface area contributed by atoms with Crippen LogP contribution in [0.15, 0.2) is 48.5 Å². The standard InChI is InChI=1S/C12H12N2O/c13-11-8-10(15)6-7-12(11)14-9-4-2-1-3-5-9/h1-8,14-15H,13H2. The van der Waals surface area contributed by atoms with Gasteiger partial charge in [-0.25, -0.2) is 0 Å². The summed E-state index contributed by atoms with van der Waals surface area (Å²) in [5.41, 5.74) is 8.03. The first-order chi connectivity index (χ1) is 7.25. The summed E-state index contributed by atoms with van der Waals surface area (Å²) in [5, 5.41) is 12.4. The van der Waals surface area contributed by atoms with Crippen LogP contribution >= 0.6 is 0 Å². The minimum atomic E-state index is 0.172. The third-order valence-electron chi connectivity index (χ3n) is 2.09. The molecular formula is C12H12N2O. The molecule has 0 fully saturated rings. The third kappa shape index (κ3) is 2.20. The Hall–Kier alpha value is -2.16. The molecule has 0 atom stereocenters.